The van der Waals surface area contributed by atoms with Crippen molar-refractivity contribution in [3.63, 3.8) is 0 Å². The normalized spacial score (nSPS) is 26.3. The number of likely N-dealkylation sites (N-methyl/N-ethyl adjacent to an activating group) is 1. The van der Waals surface area contributed by atoms with Crippen LogP contribution in [0.4, 0.5) is 10.8 Å². The van der Waals surface area contributed by atoms with Crippen LogP contribution in [-0.2, 0) is 9.47 Å². The van der Waals surface area contributed by atoms with Crippen LogP contribution in [-0.4, -0.2) is 60.9 Å². The second-order valence-corrected chi connectivity index (χ2v) is 11.5. The first kappa shape index (κ1) is 21.7. The molecule has 0 saturated carbocycles. The Morgan fingerprint density at radius 3 is 2.44 bits per heavy atom. The lowest BCUT2D eigenvalue weighted by Gasteiger charge is -2.48. The molecule has 2 aromatic rings. The van der Waals surface area contributed by atoms with Crippen LogP contribution in [0.1, 0.15) is 51.1 Å². The van der Waals surface area contributed by atoms with E-state index in [1.54, 1.807) is 18.4 Å². The molecule has 2 saturated heterocycles. The lowest BCUT2D eigenvalue weighted by molar-refractivity contribution is 0.161. The molecule has 4 heterocycles. The van der Waals surface area contributed by atoms with Gasteiger partial charge in [0.1, 0.15) is 12.4 Å². The zero-order chi connectivity index (χ0) is 22.9. The van der Waals surface area contributed by atoms with Crippen molar-refractivity contribution in [2.24, 2.45) is 0 Å². The number of rotatable bonds is 4. The Kier molecular flexibility index (Phi) is 4.86. The molecule has 172 valence electrons. The van der Waals surface area contributed by atoms with Gasteiger partial charge in [-0.2, -0.15) is 0 Å². The summed E-state index contributed by atoms with van der Waals surface area (Å²) in [5.74, 6) is 0.825. The molecule has 1 unspecified atom stereocenters. The summed E-state index contributed by atoms with van der Waals surface area (Å²) in [5.41, 5.74) is 2.74. The molecule has 1 N–H and O–H groups in total. The van der Waals surface area contributed by atoms with E-state index in [-0.39, 0.29) is 11.1 Å². The number of para-hydroxylation sites is 1. The van der Waals surface area contributed by atoms with Crippen LogP contribution in [0.5, 0.6) is 0 Å². The quantitative estimate of drug-likeness (QED) is 0.700. The molecule has 32 heavy (non-hydrogen) atoms. The van der Waals surface area contributed by atoms with Crippen LogP contribution >= 0.6 is 11.3 Å². The van der Waals surface area contributed by atoms with Crippen molar-refractivity contribution in [2.45, 2.75) is 63.4 Å². The first-order chi connectivity index (χ1) is 15.1. The second kappa shape index (κ2) is 7.17. The Labute approximate surface area is 194 Å². The van der Waals surface area contributed by atoms with Crippen LogP contribution in [0.15, 0.2) is 24.3 Å². The van der Waals surface area contributed by atoms with E-state index in [4.69, 9.17) is 9.47 Å². The summed E-state index contributed by atoms with van der Waals surface area (Å²) >= 11 is 1.62. The third-order valence-electron chi connectivity index (χ3n) is 6.94. The fraction of sp³-hybridized carbons (Fsp3) is 0.583. The summed E-state index contributed by atoms with van der Waals surface area (Å²) in [6.07, 6.45) is 2.11. The minimum atomic E-state index is -0.534. The first-order valence-electron chi connectivity index (χ1n) is 11.2. The summed E-state index contributed by atoms with van der Waals surface area (Å²) in [6, 6.07) is 8.67. The third-order valence-corrected chi connectivity index (χ3v) is 7.97. The molecule has 1 spiro atoms. The molecule has 0 radical (unpaired) electrons. The van der Waals surface area contributed by atoms with Crippen molar-refractivity contribution in [1.82, 2.24) is 15.5 Å². The van der Waals surface area contributed by atoms with E-state index >= 15 is 0 Å². The molecular weight excluding hydrogens is 422 g/mol. The van der Waals surface area contributed by atoms with Gasteiger partial charge >= 0.3 is 0 Å². The molecule has 7 nitrogen and oxygen atoms in total. The highest BCUT2D eigenvalue weighted by molar-refractivity contribution is 7.16. The zero-order valence-corrected chi connectivity index (χ0v) is 20.8. The number of epoxide rings is 1. The molecule has 1 aromatic heterocycles. The molecule has 0 aliphatic carbocycles. The molecule has 1 aromatic carbocycles. The number of hydrogen-bond acceptors (Lipinski definition) is 8. The van der Waals surface area contributed by atoms with E-state index in [0.717, 1.165) is 45.6 Å². The van der Waals surface area contributed by atoms with Gasteiger partial charge in [-0.25, -0.2) is 0 Å². The van der Waals surface area contributed by atoms with E-state index in [1.807, 2.05) is 12.1 Å². The summed E-state index contributed by atoms with van der Waals surface area (Å²) in [5, 5.41) is 14.8. The van der Waals surface area contributed by atoms with E-state index in [9.17, 15) is 0 Å². The molecule has 8 heteroatoms. The largest absolute Gasteiger partial charge is 0.495 e. The third kappa shape index (κ3) is 3.40. The SMILES string of the molecule is COC1=C(c2nnc(N(C)C3CC(C)(C)NC(C)(C)C3)s2)C2(CO2)N(C)c2ccccc21. The number of methoxy groups -OCH3 is 1. The van der Waals surface area contributed by atoms with Gasteiger partial charge < -0.3 is 24.6 Å². The van der Waals surface area contributed by atoms with E-state index < -0.39 is 5.72 Å². The number of benzene rings is 1. The van der Waals surface area contributed by atoms with E-state index in [1.165, 1.54) is 0 Å². The zero-order valence-electron chi connectivity index (χ0n) is 20.0. The number of ether oxygens (including phenoxy) is 2. The van der Waals surface area contributed by atoms with E-state index in [0.29, 0.717) is 12.6 Å². The Hall–Kier alpha value is -2.16. The standard InChI is InChI=1S/C24H33N5O2S/c1-22(2)12-15(13-23(3,4)27-22)28(5)21-26-25-20(32-21)18-19(30-7)16-10-8-9-11-17(16)29(6)24(18)14-31-24/h8-11,15,27H,12-14H2,1-7H3. The number of aromatic nitrogens is 2. The van der Waals surface area contributed by atoms with Crippen molar-refractivity contribution >= 4 is 33.5 Å². The molecule has 5 rings (SSSR count). The predicted molar refractivity (Wildman–Crippen MR) is 130 cm³/mol. The summed E-state index contributed by atoms with van der Waals surface area (Å²) in [6.45, 7) is 9.72. The smallest absolute Gasteiger partial charge is 0.208 e. The number of piperidine rings is 1. The van der Waals surface area contributed by atoms with Crippen molar-refractivity contribution in [3.05, 3.63) is 34.8 Å². The monoisotopic (exact) mass is 455 g/mol. The van der Waals surface area contributed by atoms with Crippen LogP contribution < -0.4 is 15.1 Å². The minimum absolute atomic E-state index is 0.0711. The average Bonchev–Trinajstić information content (AvgIpc) is 3.36. The minimum Gasteiger partial charge on any atom is -0.495 e. The van der Waals surface area contributed by atoms with Gasteiger partial charge in [0.25, 0.3) is 0 Å². The van der Waals surface area contributed by atoms with Crippen molar-refractivity contribution < 1.29 is 9.47 Å². The summed E-state index contributed by atoms with van der Waals surface area (Å²) < 4.78 is 12.0. The first-order valence-corrected chi connectivity index (χ1v) is 12.0. The Morgan fingerprint density at radius 1 is 1.16 bits per heavy atom. The maximum Gasteiger partial charge on any atom is 0.208 e. The van der Waals surface area contributed by atoms with Gasteiger partial charge in [0.05, 0.1) is 18.4 Å². The van der Waals surface area contributed by atoms with Crippen LogP contribution in [0, 0.1) is 0 Å². The molecular formula is C24H33N5O2S. The molecule has 2 fully saturated rings. The van der Waals surface area contributed by atoms with Crippen molar-refractivity contribution in [3.8, 4) is 0 Å². The lowest BCUT2D eigenvalue weighted by atomic mass is 9.79. The van der Waals surface area contributed by atoms with Gasteiger partial charge in [0, 0.05) is 36.8 Å². The van der Waals surface area contributed by atoms with Gasteiger partial charge in [-0.1, -0.05) is 23.5 Å². The lowest BCUT2D eigenvalue weighted by Crippen LogP contribution is -2.61. The molecule has 1 atom stereocenters. The average molecular weight is 456 g/mol. The van der Waals surface area contributed by atoms with Crippen molar-refractivity contribution in [2.75, 3.05) is 37.6 Å². The topological polar surface area (TPSA) is 66.1 Å². The molecule has 0 bridgehead atoms. The molecule has 3 aliphatic rings. The highest BCUT2D eigenvalue weighted by Crippen LogP contribution is 2.54. The van der Waals surface area contributed by atoms with Gasteiger partial charge in [0.2, 0.25) is 5.13 Å². The molecule has 0 amide bonds. The van der Waals surface area contributed by atoms with Gasteiger partial charge in [-0.15, -0.1) is 10.2 Å². The maximum atomic E-state index is 6.05. The predicted octanol–water partition coefficient (Wildman–Crippen LogP) is 3.97. The molecule has 3 aliphatic heterocycles. The maximum absolute atomic E-state index is 6.05. The Bertz CT molecular complexity index is 1060. The van der Waals surface area contributed by atoms with Crippen LogP contribution in [0.25, 0.3) is 11.3 Å². The number of anilines is 2. The van der Waals surface area contributed by atoms with Gasteiger partial charge in [-0.05, 0) is 52.7 Å². The highest BCUT2D eigenvalue weighted by atomic mass is 32.1. The van der Waals surface area contributed by atoms with Gasteiger partial charge in [0.15, 0.2) is 10.7 Å². The summed E-state index contributed by atoms with van der Waals surface area (Å²) in [4.78, 5) is 4.50. The summed E-state index contributed by atoms with van der Waals surface area (Å²) in [7, 11) is 5.94. The highest BCUT2D eigenvalue weighted by Gasteiger charge is 2.58. The van der Waals surface area contributed by atoms with Crippen molar-refractivity contribution in [1.29, 1.82) is 0 Å². The Morgan fingerprint density at radius 2 is 1.81 bits per heavy atom. The number of fused-ring (bicyclic) bond motifs is 1. The number of hydrogen-bond donors (Lipinski definition) is 1. The van der Waals surface area contributed by atoms with Crippen LogP contribution in [0.3, 0.4) is 0 Å². The van der Waals surface area contributed by atoms with Gasteiger partial charge in [-0.3, -0.25) is 0 Å². The van der Waals surface area contributed by atoms with Crippen LogP contribution in [0.2, 0.25) is 0 Å². The fourth-order valence-corrected chi connectivity index (χ4v) is 6.66. The number of nitrogens with zero attached hydrogens (tertiary/aromatic N) is 4. The number of nitrogens with one attached hydrogen (secondary N) is 1. The second-order valence-electron chi connectivity index (χ2n) is 10.5. The van der Waals surface area contributed by atoms with E-state index in [2.05, 4.69) is 79.2 Å². The fourth-order valence-electron chi connectivity index (χ4n) is 5.67. The Balaban J connectivity index is 1.52.